The predicted octanol–water partition coefficient (Wildman–Crippen LogP) is 5.72. The number of aryl methyl sites for hydroxylation is 2. The average molecular weight is 344 g/mol. The van der Waals surface area contributed by atoms with Crippen molar-refractivity contribution in [1.82, 2.24) is 0 Å². The van der Waals surface area contributed by atoms with Crippen LogP contribution in [0, 0.1) is 13.8 Å². The van der Waals surface area contributed by atoms with Crippen LogP contribution in [-0.4, -0.2) is 11.1 Å². The van der Waals surface area contributed by atoms with Crippen LogP contribution in [0.1, 0.15) is 22.3 Å². The van der Waals surface area contributed by atoms with E-state index >= 15 is 0 Å². The first-order valence-electron chi connectivity index (χ1n) is 8.38. The van der Waals surface area contributed by atoms with E-state index in [1.807, 2.05) is 86.6 Å². The third kappa shape index (κ3) is 4.19. The van der Waals surface area contributed by atoms with Crippen molar-refractivity contribution in [1.29, 1.82) is 0 Å². The first-order chi connectivity index (χ1) is 12.5. The summed E-state index contributed by atoms with van der Waals surface area (Å²) < 4.78 is 5.82. The third-order valence-electron chi connectivity index (χ3n) is 4.20. The van der Waals surface area contributed by atoms with E-state index in [1.165, 1.54) is 0 Å². The molecule has 0 fully saturated rings. The first-order valence-corrected chi connectivity index (χ1v) is 8.38. The second kappa shape index (κ2) is 7.70. The number of carboxylic acids is 1. The van der Waals surface area contributed by atoms with Crippen LogP contribution in [0.4, 0.5) is 0 Å². The summed E-state index contributed by atoms with van der Waals surface area (Å²) in [6.45, 7) is 3.99. The molecule has 0 amide bonds. The highest BCUT2D eigenvalue weighted by atomic mass is 16.5. The Bertz CT molecular complexity index is 956. The summed E-state index contributed by atoms with van der Waals surface area (Å²) in [7, 11) is 0. The van der Waals surface area contributed by atoms with Crippen LogP contribution in [0.2, 0.25) is 0 Å². The quantitative estimate of drug-likeness (QED) is 0.475. The maximum Gasteiger partial charge on any atom is 0.336 e. The summed E-state index contributed by atoms with van der Waals surface area (Å²) in [5.74, 6) is 0.443. The van der Waals surface area contributed by atoms with Gasteiger partial charge in [-0.1, -0.05) is 48.5 Å². The topological polar surface area (TPSA) is 46.5 Å². The van der Waals surface area contributed by atoms with Gasteiger partial charge < -0.3 is 9.84 Å². The molecule has 3 rings (SSSR count). The van der Waals surface area contributed by atoms with E-state index in [0.29, 0.717) is 11.3 Å². The van der Waals surface area contributed by atoms with Gasteiger partial charge in [-0.2, -0.15) is 0 Å². The lowest BCUT2D eigenvalue weighted by Crippen LogP contribution is -2.00. The summed E-state index contributed by atoms with van der Waals surface area (Å²) >= 11 is 0. The van der Waals surface area contributed by atoms with Gasteiger partial charge in [-0.3, -0.25) is 0 Å². The first kappa shape index (κ1) is 17.5. The molecule has 3 aromatic rings. The molecular weight excluding hydrogens is 324 g/mol. The van der Waals surface area contributed by atoms with Crippen molar-refractivity contribution < 1.29 is 14.6 Å². The Kier molecular flexibility index (Phi) is 5.18. The van der Waals surface area contributed by atoms with E-state index in [0.717, 1.165) is 22.4 Å². The fourth-order valence-corrected chi connectivity index (χ4v) is 2.64. The van der Waals surface area contributed by atoms with Crippen LogP contribution < -0.4 is 4.74 Å². The summed E-state index contributed by atoms with van der Waals surface area (Å²) in [6.07, 6.45) is 1.67. The molecule has 3 heteroatoms. The van der Waals surface area contributed by atoms with Gasteiger partial charge in [-0.25, -0.2) is 4.79 Å². The van der Waals surface area contributed by atoms with Crippen LogP contribution in [0.15, 0.2) is 72.8 Å². The fraction of sp³-hybridized carbons (Fsp3) is 0.0870. The van der Waals surface area contributed by atoms with Crippen molar-refractivity contribution >= 4 is 17.6 Å². The second-order valence-corrected chi connectivity index (χ2v) is 6.15. The highest BCUT2D eigenvalue weighted by Gasteiger charge is 2.11. The molecule has 3 aromatic carbocycles. The number of carboxylic acid groups (broad SMARTS) is 1. The van der Waals surface area contributed by atoms with Crippen molar-refractivity contribution in [2.45, 2.75) is 13.8 Å². The minimum absolute atomic E-state index is 0.255. The third-order valence-corrected chi connectivity index (χ3v) is 4.20. The molecule has 0 heterocycles. The van der Waals surface area contributed by atoms with Gasteiger partial charge in [0, 0.05) is 0 Å². The van der Waals surface area contributed by atoms with Gasteiger partial charge in [0.05, 0.1) is 5.57 Å². The molecule has 0 spiro atoms. The van der Waals surface area contributed by atoms with Crippen molar-refractivity contribution in [2.24, 2.45) is 0 Å². The van der Waals surface area contributed by atoms with Crippen LogP contribution >= 0.6 is 0 Å². The van der Waals surface area contributed by atoms with Gasteiger partial charge in [0.25, 0.3) is 0 Å². The highest BCUT2D eigenvalue weighted by molar-refractivity contribution is 6.20. The lowest BCUT2D eigenvalue weighted by Gasteiger charge is -2.08. The standard InChI is InChI=1S/C23H20O3/c1-16-11-12-19(13-17(16)2)22(23(24)25)15-18-7-6-10-21(14-18)26-20-8-4-3-5-9-20/h3-15H,1-2H3,(H,24,25)/b22-15-. The smallest absolute Gasteiger partial charge is 0.336 e. The molecule has 0 aliphatic heterocycles. The number of para-hydroxylation sites is 1. The van der Waals surface area contributed by atoms with Gasteiger partial charge >= 0.3 is 5.97 Å². The predicted molar refractivity (Wildman–Crippen MR) is 104 cm³/mol. The van der Waals surface area contributed by atoms with Crippen molar-refractivity contribution in [3.05, 3.63) is 95.1 Å². The summed E-state index contributed by atoms with van der Waals surface area (Å²) in [4.78, 5) is 11.8. The molecule has 26 heavy (non-hydrogen) atoms. The lowest BCUT2D eigenvalue weighted by atomic mass is 9.98. The van der Waals surface area contributed by atoms with Crippen LogP contribution in [0.25, 0.3) is 11.6 Å². The summed E-state index contributed by atoms with van der Waals surface area (Å²) in [6, 6.07) is 22.6. The van der Waals surface area contributed by atoms with E-state index in [9.17, 15) is 9.90 Å². The molecule has 0 aliphatic rings. The zero-order valence-electron chi connectivity index (χ0n) is 14.8. The minimum Gasteiger partial charge on any atom is -0.478 e. The van der Waals surface area contributed by atoms with Crippen LogP contribution in [-0.2, 0) is 4.79 Å². The maximum absolute atomic E-state index is 11.8. The van der Waals surface area contributed by atoms with E-state index in [2.05, 4.69) is 0 Å². The molecule has 1 N–H and O–H groups in total. The Morgan fingerprint density at radius 3 is 2.27 bits per heavy atom. The molecule has 3 nitrogen and oxygen atoms in total. The maximum atomic E-state index is 11.8. The molecule has 0 aromatic heterocycles. The van der Waals surface area contributed by atoms with Gasteiger partial charge in [0.1, 0.15) is 11.5 Å². The van der Waals surface area contributed by atoms with E-state index in [4.69, 9.17) is 4.74 Å². The molecule has 0 saturated carbocycles. The number of hydrogen-bond donors (Lipinski definition) is 1. The largest absolute Gasteiger partial charge is 0.478 e. The Balaban J connectivity index is 1.94. The van der Waals surface area contributed by atoms with E-state index in [1.54, 1.807) is 6.08 Å². The van der Waals surface area contributed by atoms with Crippen molar-refractivity contribution in [2.75, 3.05) is 0 Å². The molecule has 0 bridgehead atoms. The number of rotatable bonds is 5. The van der Waals surface area contributed by atoms with Crippen LogP contribution in [0.5, 0.6) is 11.5 Å². The zero-order chi connectivity index (χ0) is 18.5. The Hall–Kier alpha value is -3.33. The van der Waals surface area contributed by atoms with Gasteiger partial charge in [-0.05, 0) is 66.4 Å². The van der Waals surface area contributed by atoms with Gasteiger partial charge in [-0.15, -0.1) is 0 Å². The number of aliphatic carboxylic acids is 1. The zero-order valence-corrected chi connectivity index (χ0v) is 14.8. The molecule has 130 valence electrons. The lowest BCUT2D eigenvalue weighted by molar-refractivity contribution is -0.130. The van der Waals surface area contributed by atoms with Crippen LogP contribution in [0.3, 0.4) is 0 Å². The van der Waals surface area contributed by atoms with E-state index < -0.39 is 5.97 Å². The molecule has 0 saturated heterocycles. The van der Waals surface area contributed by atoms with Gasteiger partial charge in [0.15, 0.2) is 0 Å². The molecule has 0 radical (unpaired) electrons. The van der Waals surface area contributed by atoms with Crippen molar-refractivity contribution in [3.8, 4) is 11.5 Å². The Morgan fingerprint density at radius 2 is 1.58 bits per heavy atom. The number of ether oxygens (including phenoxy) is 1. The number of hydrogen-bond acceptors (Lipinski definition) is 2. The summed E-state index contributed by atoms with van der Waals surface area (Å²) in [5.41, 5.74) is 3.92. The fourth-order valence-electron chi connectivity index (χ4n) is 2.64. The number of carbonyl (C=O) groups is 1. The monoisotopic (exact) mass is 344 g/mol. The summed E-state index contributed by atoms with van der Waals surface area (Å²) in [5, 5.41) is 9.65. The molecule has 0 atom stereocenters. The molecule has 0 unspecified atom stereocenters. The highest BCUT2D eigenvalue weighted by Crippen LogP contribution is 2.25. The normalized spacial score (nSPS) is 11.2. The second-order valence-electron chi connectivity index (χ2n) is 6.15. The Morgan fingerprint density at radius 1 is 0.846 bits per heavy atom. The molecular formula is C23H20O3. The minimum atomic E-state index is -0.956. The van der Waals surface area contributed by atoms with E-state index in [-0.39, 0.29) is 5.57 Å². The number of benzene rings is 3. The Labute approximate surface area is 153 Å². The SMILES string of the molecule is Cc1ccc(/C(=C/c2cccc(Oc3ccccc3)c2)C(=O)O)cc1C. The van der Waals surface area contributed by atoms with Gasteiger partial charge in [0.2, 0.25) is 0 Å². The molecule has 0 aliphatic carbocycles. The average Bonchev–Trinajstić information content (AvgIpc) is 2.63. The van der Waals surface area contributed by atoms with Crippen molar-refractivity contribution in [3.63, 3.8) is 0 Å².